The van der Waals surface area contributed by atoms with Crippen LogP contribution in [0.2, 0.25) is 5.02 Å². The molecule has 0 aromatic heterocycles. The van der Waals surface area contributed by atoms with Gasteiger partial charge >= 0.3 is 17.8 Å². The Labute approximate surface area is 155 Å². The molecule has 1 rings (SSSR count). The Morgan fingerprint density at radius 1 is 1.31 bits per heavy atom. The number of methoxy groups -OCH3 is 1. The number of benzene rings is 1. The Morgan fingerprint density at radius 3 is 2.65 bits per heavy atom. The summed E-state index contributed by atoms with van der Waals surface area (Å²) in [5.41, 5.74) is 2.54. The van der Waals surface area contributed by atoms with Gasteiger partial charge in [0.1, 0.15) is 0 Å². The lowest BCUT2D eigenvalue weighted by atomic mass is 10.2. The third-order valence-electron chi connectivity index (χ3n) is 2.99. The van der Waals surface area contributed by atoms with Crippen LogP contribution in [-0.2, 0) is 14.4 Å². The molecule has 0 saturated heterocycles. The molecule has 0 aliphatic carbocycles. The van der Waals surface area contributed by atoms with Gasteiger partial charge in [0.25, 0.3) is 0 Å². The summed E-state index contributed by atoms with van der Waals surface area (Å²) in [7, 11) is 1.36. The summed E-state index contributed by atoms with van der Waals surface area (Å²) in [6, 6.07) is 2.93. The van der Waals surface area contributed by atoms with E-state index in [0.29, 0.717) is 12.1 Å². The SMILES string of the molecule is CCCCNC(=O)C(=O)N/N=C\c1cc(Cl)c(OCC(=O)O)c(OC)c1. The largest absolute Gasteiger partial charge is 0.493 e. The van der Waals surface area contributed by atoms with Crippen molar-refractivity contribution in [2.45, 2.75) is 19.8 Å². The highest BCUT2D eigenvalue weighted by Crippen LogP contribution is 2.35. The van der Waals surface area contributed by atoms with Crippen LogP contribution in [0, 0.1) is 0 Å². The summed E-state index contributed by atoms with van der Waals surface area (Å²) in [4.78, 5) is 33.6. The smallest absolute Gasteiger partial charge is 0.341 e. The summed E-state index contributed by atoms with van der Waals surface area (Å²) in [6.45, 7) is 1.80. The van der Waals surface area contributed by atoms with Crippen molar-refractivity contribution in [3.8, 4) is 11.5 Å². The molecule has 0 fully saturated rings. The predicted octanol–water partition coefficient (Wildman–Crippen LogP) is 1.18. The van der Waals surface area contributed by atoms with Crippen molar-refractivity contribution in [1.82, 2.24) is 10.7 Å². The number of carboxylic acid groups (broad SMARTS) is 1. The van der Waals surface area contributed by atoms with Crippen LogP contribution >= 0.6 is 11.6 Å². The normalized spacial score (nSPS) is 10.4. The van der Waals surface area contributed by atoms with E-state index in [4.69, 9.17) is 26.2 Å². The highest BCUT2D eigenvalue weighted by molar-refractivity contribution is 6.35. The lowest BCUT2D eigenvalue weighted by Crippen LogP contribution is -2.38. The second-order valence-corrected chi connectivity index (χ2v) is 5.43. The Morgan fingerprint density at radius 2 is 2.04 bits per heavy atom. The maximum atomic E-state index is 11.6. The molecule has 0 spiro atoms. The Hall–Kier alpha value is -2.81. The standard InChI is InChI=1S/C16H20ClN3O6/c1-3-4-5-18-15(23)16(24)20-19-8-10-6-11(17)14(12(7-10)25-2)26-9-13(21)22/h6-8H,3-5,9H2,1-2H3,(H,18,23)(H,20,24)(H,21,22)/b19-8-. The third-order valence-corrected chi connectivity index (χ3v) is 3.27. The van der Waals surface area contributed by atoms with E-state index >= 15 is 0 Å². The number of aliphatic carboxylic acids is 1. The molecule has 1 aromatic carbocycles. The summed E-state index contributed by atoms with van der Waals surface area (Å²) < 4.78 is 10.2. The zero-order valence-corrected chi connectivity index (χ0v) is 15.1. The van der Waals surface area contributed by atoms with Gasteiger partial charge in [-0.05, 0) is 24.1 Å². The fraction of sp³-hybridized carbons (Fsp3) is 0.375. The highest BCUT2D eigenvalue weighted by atomic mass is 35.5. The van der Waals surface area contributed by atoms with E-state index < -0.39 is 24.4 Å². The van der Waals surface area contributed by atoms with Crippen LogP contribution in [0.25, 0.3) is 0 Å². The molecule has 0 aliphatic heterocycles. The topological polar surface area (TPSA) is 126 Å². The summed E-state index contributed by atoms with van der Waals surface area (Å²) in [5, 5.41) is 14.9. The number of nitrogens with zero attached hydrogens (tertiary/aromatic N) is 1. The minimum absolute atomic E-state index is 0.0769. The zero-order valence-electron chi connectivity index (χ0n) is 14.4. The number of amides is 2. The first-order valence-electron chi connectivity index (χ1n) is 7.72. The average Bonchev–Trinajstić information content (AvgIpc) is 2.60. The van der Waals surface area contributed by atoms with Gasteiger partial charge in [0, 0.05) is 6.54 Å². The van der Waals surface area contributed by atoms with Crippen molar-refractivity contribution in [3.05, 3.63) is 22.7 Å². The first-order valence-corrected chi connectivity index (χ1v) is 8.10. The first-order chi connectivity index (χ1) is 12.4. The molecule has 10 heteroatoms. The number of ether oxygens (including phenoxy) is 2. The predicted molar refractivity (Wildman–Crippen MR) is 94.8 cm³/mol. The number of hydrogen-bond acceptors (Lipinski definition) is 6. The minimum atomic E-state index is -1.16. The molecule has 9 nitrogen and oxygen atoms in total. The maximum Gasteiger partial charge on any atom is 0.341 e. The van der Waals surface area contributed by atoms with Gasteiger partial charge in [0.05, 0.1) is 18.3 Å². The summed E-state index contributed by atoms with van der Waals surface area (Å²) in [5.74, 6) is -2.55. The van der Waals surface area contributed by atoms with Crippen molar-refractivity contribution in [1.29, 1.82) is 0 Å². The van der Waals surface area contributed by atoms with E-state index in [2.05, 4.69) is 15.8 Å². The van der Waals surface area contributed by atoms with E-state index in [9.17, 15) is 14.4 Å². The number of carbonyl (C=O) groups excluding carboxylic acids is 2. The molecule has 0 saturated carbocycles. The second kappa shape index (κ2) is 10.9. The molecular formula is C16H20ClN3O6. The lowest BCUT2D eigenvalue weighted by molar-refractivity contribution is -0.139. The van der Waals surface area contributed by atoms with Crippen LogP contribution in [0.15, 0.2) is 17.2 Å². The van der Waals surface area contributed by atoms with Gasteiger partial charge < -0.3 is 19.9 Å². The molecule has 0 atom stereocenters. The lowest BCUT2D eigenvalue weighted by Gasteiger charge is -2.11. The van der Waals surface area contributed by atoms with Crippen molar-refractivity contribution in [2.75, 3.05) is 20.3 Å². The molecule has 0 bridgehead atoms. The Kier molecular flexibility index (Phi) is 8.93. The zero-order chi connectivity index (χ0) is 19.5. The molecule has 0 aliphatic rings. The average molecular weight is 386 g/mol. The molecule has 142 valence electrons. The van der Waals surface area contributed by atoms with E-state index in [0.717, 1.165) is 12.8 Å². The van der Waals surface area contributed by atoms with Gasteiger partial charge in [-0.3, -0.25) is 9.59 Å². The van der Waals surface area contributed by atoms with Crippen LogP contribution in [0.5, 0.6) is 11.5 Å². The molecule has 0 unspecified atom stereocenters. The van der Waals surface area contributed by atoms with E-state index in [1.807, 2.05) is 6.92 Å². The van der Waals surface area contributed by atoms with Gasteiger partial charge in [0.15, 0.2) is 18.1 Å². The van der Waals surface area contributed by atoms with E-state index in [-0.39, 0.29) is 16.5 Å². The summed E-state index contributed by atoms with van der Waals surface area (Å²) >= 11 is 6.05. The molecule has 3 N–H and O–H groups in total. The highest BCUT2D eigenvalue weighted by Gasteiger charge is 2.14. The number of hydrazone groups is 1. The Balaban J connectivity index is 2.73. The molecule has 0 radical (unpaired) electrons. The molecular weight excluding hydrogens is 366 g/mol. The number of halogens is 1. The fourth-order valence-electron chi connectivity index (χ4n) is 1.76. The number of carbonyl (C=O) groups is 3. The molecule has 2 amide bonds. The van der Waals surface area contributed by atoms with Crippen LogP contribution < -0.4 is 20.2 Å². The van der Waals surface area contributed by atoms with Crippen LogP contribution in [0.4, 0.5) is 0 Å². The van der Waals surface area contributed by atoms with Crippen molar-refractivity contribution >= 4 is 35.6 Å². The fourth-order valence-corrected chi connectivity index (χ4v) is 2.04. The van der Waals surface area contributed by atoms with Crippen LogP contribution in [-0.4, -0.2) is 49.4 Å². The number of rotatable bonds is 9. The van der Waals surface area contributed by atoms with Gasteiger partial charge in [0.2, 0.25) is 0 Å². The van der Waals surface area contributed by atoms with Gasteiger partial charge in [-0.2, -0.15) is 5.10 Å². The molecule has 26 heavy (non-hydrogen) atoms. The number of hydrogen-bond donors (Lipinski definition) is 3. The number of unbranched alkanes of at least 4 members (excludes halogenated alkanes) is 1. The van der Waals surface area contributed by atoms with E-state index in [1.54, 1.807) is 0 Å². The number of carboxylic acids is 1. The van der Waals surface area contributed by atoms with Crippen molar-refractivity contribution < 1.29 is 29.0 Å². The van der Waals surface area contributed by atoms with Crippen LogP contribution in [0.3, 0.4) is 0 Å². The van der Waals surface area contributed by atoms with Crippen molar-refractivity contribution in [2.24, 2.45) is 5.10 Å². The monoisotopic (exact) mass is 385 g/mol. The van der Waals surface area contributed by atoms with Crippen LogP contribution in [0.1, 0.15) is 25.3 Å². The first kappa shape index (κ1) is 21.2. The van der Waals surface area contributed by atoms with Gasteiger partial charge in [-0.15, -0.1) is 0 Å². The van der Waals surface area contributed by atoms with Crippen molar-refractivity contribution in [3.63, 3.8) is 0 Å². The number of nitrogens with one attached hydrogen (secondary N) is 2. The summed E-state index contributed by atoms with van der Waals surface area (Å²) in [6.07, 6.45) is 2.93. The minimum Gasteiger partial charge on any atom is -0.493 e. The maximum absolute atomic E-state index is 11.6. The van der Waals surface area contributed by atoms with Gasteiger partial charge in [-0.25, -0.2) is 10.2 Å². The quantitative estimate of drug-likeness (QED) is 0.253. The molecule has 0 heterocycles. The van der Waals surface area contributed by atoms with E-state index in [1.165, 1.54) is 25.5 Å². The molecule has 1 aromatic rings. The second-order valence-electron chi connectivity index (χ2n) is 5.03. The Bertz CT molecular complexity index is 693. The third kappa shape index (κ3) is 6.98. The van der Waals surface area contributed by atoms with Gasteiger partial charge in [-0.1, -0.05) is 24.9 Å².